The minimum Gasteiger partial charge on any atom is -0.462 e. The van der Waals surface area contributed by atoms with Crippen molar-refractivity contribution < 1.29 is 28.6 Å². The number of ether oxygens (including phenoxy) is 3. The highest BCUT2D eigenvalue weighted by Crippen LogP contribution is 2.14. The van der Waals surface area contributed by atoms with Crippen molar-refractivity contribution in [2.45, 2.75) is 258 Å². The van der Waals surface area contributed by atoms with Crippen LogP contribution in [-0.4, -0.2) is 37.2 Å². The molecule has 0 aromatic heterocycles. The van der Waals surface area contributed by atoms with Crippen LogP contribution in [0.5, 0.6) is 0 Å². The molecule has 1 atom stereocenters. The molecule has 0 aromatic rings. The van der Waals surface area contributed by atoms with E-state index in [0.717, 1.165) is 51.4 Å². The molecule has 0 saturated carbocycles. The number of hydrogen-bond donors (Lipinski definition) is 0. The van der Waals surface area contributed by atoms with E-state index < -0.39 is 6.10 Å². The average Bonchev–Trinajstić information content (AvgIpc) is 3.21. The number of hydrogen-bond acceptors (Lipinski definition) is 6. The highest BCUT2D eigenvalue weighted by atomic mass is 16.6. The van der Waals surface area contributed by atoms with E-state index >= 15 is 0 Å². The Morgan fingerprint density at radius 1 is 0.351 bits per heavy atom. The summed E-state index contributed by atoms with van der Waals surface area (Å²) in [6.45, 7) is 6.56. The van der Waals surface area contributed by atoms with Crippen LogP contribution < -0.4 is 0 Å². The van der Waals surface area contributed by atoms with E-state index in [9.17, 15) is 14.4 Å². The summed E-state index contributed by atoms with van der Waals surface area (Å²) in [6, 6.07) is 0. The summed E-state index contributed by atoms with van der Waals surface area (Å²) in [5, 5.41) is 0. The fourth-order valence-corrected chi connectivity index (χ4v) is 6.90. The van der Waals surface area contributed by atoms with E-state index in [2.05, 4.69) is 51.2 Å². The van der Waals surface area contributed by atoms with Gasteiger partial charge in [0.15, 0.2) is 6.10 Å². The maximum absolute atomic E-state index is 12.7. The van der Waals surface area contributed by atoms with Gasteiger partial charge < -0.3 is 14.2 Å². The predicted octanol–water partition coefficient (Wildman–Crippen LogP) is 15.8. The van der Waals surface area contributed by atoms with Crippen LogP contribution in [0, 0.1) is 0 Å². The van der Waals surface area contributed by atoms with Gasteiger partial charge in [0.25, 0.3) is 0 Å². The molecular weight excluding hydrogens is 709 g/mol. The van der Waals surface area contributed by atoms with Crippen molar-refractivity contribution in [2.24, 2.45) is 0 Å². The third-order valence-corrected chi connectivity index (χ3v) is 10.6. The molecule has 0 radical (unpaired) electrons. The van der Waals surface area contributed by atoms with Crippen molar-refractivity contribution in [3.05, 3.63) is 36.5 Å². The normalized spacial score (nSPS) is 12.3. The summed E-state index contributed by atoms with van der Waals surface area (Å²) in [5.41, 5.74) is 0. The minimum absolute atomic E-state index is 0.0934. The summed E-state index contributed by atoms with van der Waals surface area (Å²) >= 11 is 0. The van der Waals surface area contributed by atoms with Crippen LogP contribution in [0.2, 0.25) is 0 Å². The van der Waals surface area contributed by atoms with E-state index in [-0.39, 0.29) is 37.5 Å². The molecule has 0 amide bonds. The van der Waals surface area contributed by atoms with Gasteiger partial charge in [0, 0.05) is 19.3 Å². The highest BCUT2D eigenvalue weighted by Gasteiger charge is 2.19. The molecule has 6 nitrogen and oxygen atoms in total. The van der Waals surface area contributed by atoms with E-state index in [1.807, 2.05) is 6.08 Å². The Balaban J connectivity index is 4.42. The van der Waals surface area contributed by atoms with E-state index in [0.29, 0.717) is 19.3 Å². The van der Waals surface area contributed by atoms with Crippen LogP contribution >= 0.6 is 0 Å². The van der Waals surface area contributed by atoms with Gasteiger partial charge in [-0.15, -0.1) is 0 Å². The van der Waals surface area contributed by atoms with Crippen LogP contribution in [-0.2, 0) is 28.6 Å². The van der Waals surface area contributed by atoms with E-state index in [4.69, 9.17) is 14.2 Å². The number of rotatable bonds is 44. The van der Waals surface area contributed by atoms with Gasteiger partial charge in [-0.2, -0.15) is 0 Å². The van der Waals surface area contributed by atoms with Crippen LogP contribution in [0.15, 0.2) is 36.5 Å². The predicted molar refractivity (Wildman–Crippen MR) is 242 cm³/mol. The topological polar surface area (TPSA) is 78.9 Å². The second kappa shape index (κ2) is 46.3. The number of carbonyl (C=O) groups excluding carboxylic acids is 3. The zero-order chi connectivity index (χ0) is 41.5. The lowest BCUT2D eigenvalue weighted by molar-refractivity contribution is -0.166. The van der Waals surface area contributed by atoms with Gasteiger partial charge in [-0.3, -0.25) is 14.4 Å². The monoisotopic (exact) mass is 801 g/mol. The number of esters is 3. The van der Waals surface area contributed by atoms with E-state index in [1.165, 1.54) is 154 Å². The fraction of sp³-hybridized carbons (Fsp3) is 0.824. The van der Waals surface area contributed by atoms with Gasteiger partial charge in [0.05, 0.1) is 0 Å². The lowest BCUT2D eigenvalue weighted by Gasteiger charge is -2.18. The average molecular weight is 801 g/mol. The van der Waals surface area contributed by atoms with Crippen molar-refractivity contribution in [3.8, 4) is 0 Å². The minimum atomic E-state index is -0.799. The molecule has 0 aliphatic carbocycles. The molecular formula is C51H92O6. The van der Waals surface area contributed by atoms with Gasteiger partial charge in [-0.1, -0.05) is 205 Å². The zero-order valence-electron chi connectivity index (χ0n) is 37.9. The number of carbonyl (C=O) groups is 3. The third kappa shape index (κ3) is 44.6. The van der Waals surface area contributed by atoms with Crippen molar-refractivity contribution >= 4 is 17.9 Å². The summed E-state index contributed by atoms with van der Waals surface area (Å²) in [7, 11) is 0. The molecule has 0 aliphatic rings. The number of unbranched alkanes of at least 4 members (excludes halogenated alkanes) is 27. The first-order chi connectivity index (χ1) is 28.0. The molecule has 0 aliphatic heterocycles. The molecule has 0 bridgehead atoms. The summed E-state index contributed by atoms with van der Waals surface area (Å²) < 4.78 is 16.7. The van der Waals surface area contributed by atoms with Crippen molar-refractivity contribution in [1.29, 1.82) is 0 Å². The number of allylic oxidation sites excluding steroid dienone is 6. The maximum atomic E-state index is 12.7. The first kappa shape index (κ1) is 54.6. The van der Waals surface area contributed by atoms with Crippen LogP contribution in [0.1, 0.15) is 252 Å². The molecule has 57 heavy (non-hydrogen) atoms. The highest BCUT2D eigenvalue weighted by molar-refractivity contribution is 5.71. The fourth-order valence-electron chi connectivity index (χ4n) is 6.90. The Bertz CT molecular complexity index is 969. The Morgan fingerprint density at radius 2 is 0.667 bits per heavy atom. The second-order valence-corrected chi connectivity index (χ2v) is 16.4. The molecule has 0 fully saturated rings. The van der Waals surface area contributed by atoms with Gasteiger partial charge >= 0.3 is 17.9 Å². The summed E-state index contributed by atoms with van der Waals surface area (Å²) in [5.74, 6) is -0.962. The quantitative estimate of drug-likeness (QED) is 0.0264. The lowest BCUT2D eigenvalue weighted by atomic mass is 10.1. The van der Waals surface area contributed by atoms with Crippen molar-refractivity contribution in [2.75, 3.05) is 13.2 Å². The van der Waals surface area contributed by atoms with Crippen LogP contribution in [0.25, 0.3) is 0 Å². The SMILES string of the molecule is CCCCCC/C=C\CCCCCCCCCC(=O)OCC(COC(=O)CCCCCCCCCCCCC)OC(=O)CC/C=C\C/C=C\CCCCCCCC. The maximum Gasteiger partial charge on any atom is 0.306 e. The van der Waals surface area contributed by atoms with Gasteiger partial charge in [-0.25, -0.2) is 0 Å². The van der Waals surface area contributed by atoms with Gasteiger partial charge in [-0.05, 0) is 64.2 Å². The van der Waals surface area contributed by atoms with E-state index in [1.54, 1.807) is 0 Å². The smallest absolute Gasteiger partial charge is 0.306 e. The summed E-state index contributed by atoms with van der Waals surface area (Å²) in [6.07, 6.45) is 52.8. The molecule has 0 heterocycles. The standard InChI is InChI=1S/C51H92O6/c1-4-7-10-13-16-19-22-24-25-27-29-32-35-38-41-44-50(53)56-47-48(46-55-49(52)43-40-37-34-31-28-21-18-15-12-9-6-3)57-51(54)45-42-39-36-33-30-26-23-20-17-14-11-8-5-2/h19,22,26,30,36,39,48H,4-18,20-21,23-25,27-29,31-35,37-38,40-47H2,1-3H3/b22-19-,30-26-,39-36-. The van der Waals surface area contributed by atoms with Gasteiger partial charge in [0.2, 0.25) is 0 Å². The summed E-state index contributed by atoms with van der Waals surface area (Å²) in [4.78, 5) is 37.8. The van der Waals surface area contributed by atoms with Crippen molar-refractivity contribution in [1.82, 2.24) is 0 Å². The lowest BCUT2D eigenvalue weighted by Crippen LogP contribution is -2.30. The molecule has 0 rings (SSSR count). The van der Waals surface area contributed by atoms with Crippen LogP contribution in [0.4, 0.5) is 0 Å². The molecule has 0 spiro atoms. The third-order valence-electron chi connectivity index (χ3n) is 10.6. The molecule has 0 aromatic carbocycles. The molecule has 6 heteroatoms. The molecule has 0 N–H and O–H groups in total. The molecule has 332 valence electrons. The van der Waals surface area contributed by atoms with Gasteiger partial charge in [0.1, 0.15) is 13.2 Å². The van der Waals surface area contributed by atoms with Crippen LogP contribution in [0.3, 0.4) is 0 Å². The Labute approximate surface area is 353 Å². The first-order valence-corrected chi connectivity index (χ1v) is 24.5. The Hall–Kier alpha value is -2.37. The van der Waals surface area contributed by atoms with Crippen molar-refractivity contribution in [3.63, 3.8) is 0 Å². The second-order valence-electron chi connectivity index (χ2n) is 16.4. The first-order valence-electron chi connectivity index (χ1n) is 24.5. The Morgan fingerprint density at radius 3 is 1.07 bits per heavy atom. The zero-order valence-corrected chi connectivity index (χ0v) is 37.9. The Kier molecular flexibility index (Phi) is 44.4. The largest absolute Gasteiger partial charge is 0.462 e. The molecule has 0 saturated heterocycles. The molecule has 1 unspecified atom stereocenters.